The van der Waals surface area contributed by atoms with Crippen LogP contribution in [0, 0.1) is 0 Å². The number of piperazine rings is 1. The van der Waals surface area contributed by atoms with Gasteiger partial charge in [0.15, 0.2) is 0 Å². The Morgan fingerprint density at radius 1 is 1.36 bits per heavy atom. The minimum absolute atomic E-state index is 0.270. The maximum absolute atomic E-state index is 9.59. The molecule has 0 bridgehead atoms. The first-order valence-corrected chi connectivity index (χ1v) is 4.23. The van der Waals surface area contributed by atoms with Crippen LogP contribution in [0.25, 0.3) is 0 Å². The molecule has 0 spiro atoms. The van der Waals surface area contributed by atoms with E-state index >= 15 is 0 Å². The Hall–Kier alpha value is -0.120. The first kappa shape index (κ1) is 8.97. The highest BCUT2D eigenvalue weighted by atomic mass is 16.3. The summed E-state index contributed by atoms with van der Waals surface area (Å²) in [5.41, 5.74) is 0. The third-order valence-electron chi connectivity index (χ3n) is 2.26. The summed E-state index contributed by atoms with van der Waals surface area (Å²) in [5, 5.41) is 9.59. The molecule has 1 saturated heterocycles. The molecule has 0 radical (unpaired) electrons. The molecular weight excluding hydrogens is 140 g/mol. The van der Waals surface area contributed by atoms with Crippen molar-refractivity contribution in [3.8, 4) is 0 Å². The maximum Gasteiger partial charge on any atom is 0.120 e. The molecular formula is C8H18N2O. The molecule has 1 rings (SSSR count). The molecule has 1 atom stereocenters. The highest BCUT2D eigenvalue weighted by molar-refractivity contribution is 4.75. The summed E-state index contributed by atoms with van der Waals surface area (Å²) < 4.78 is 0. The molecule has 0 saturated carbocycles. The van der Waals surface area contributed by atoms with Gasteiger partial charge in [0.2, 0.25) is 0 Å². The van der Waals surface area contributed by atoms with E-state index < -0.39 is 0 Å². The van der Waals surface area contributed by atoms with Crippen LogP contribution >= 0.6 is 0 Å². The van der Waals surface area contributed by atoms with E-state index in [1.807, 2.05) is 7.05 Å². The van der Waals surface area contributed by atoms with Crippen molar-refractivity contribution >= 4 is 0 Å². The van der Waals surface area contributed by atoms with Gasteiger partial charge in [0.25, 0.3) is 0 Å². The lowest BCUT2D eigenvalue weighted by molar-refractivity contribution is -0.0648. The summed E-state index contributed by atoms with van der Waals surface area (Å²) in [5.74, 6) is 0. The Bertz CT molecular complexity index is 127. The normalized spacial score (nSPS) is 29.7. The quantitative estimate of drug-likeness (QED) is 0.580. The first-order valence-electron chi connectivity index (χ1n) is 4.23. The molecule has 11 heavy (non-hydrogen) atoms. The number of nitrogens with zero attached hydrogens (tertiary/aromatic N) is 2. The summed E-state index contributed by atoms with van der Waals surface area (Å²) in [4.78, 5) is 4.28. The second-order valence-electron chi connectivity index (χ2n) is 3.57. The molecule has 1 aliphatic rings. The summed E-state index contributed by atoms with van der Waals surface area (Å²) in [6.45, 7) is 7.06. The number of rotatable bonds is 1. The molecule has 66 valence electrons. The van der Waals surface area contributed by atoms with Crippen LogP contribution in [-0.4, -0.2) is 53.9 Å². The van der Waals surface area contributed by atoms with Crippen molar-refractivity contribution in [1.29, 1.82) is 0 Å². The minimum atomic E-state index is -0.270. The van der Waals surface area contributed by atoms with E-state index in [-0.39, 0.29) is 6.23 Å². The van der Waals surface area contributed by atoms with Gasteiger partial charge in [-0.2, -0.15) is 0 Å². The van der Waals surface area contributed by atoms with E-state index in [1.165, 1.54) is 0 Å². The zero-order valence-electron chi connectivity index (χ0n) is 7.62. The fraction of sp³-hybridized carbons (Fsp3) is 1.00. The minimum Gasteiger partial charge on any atom is -0.377 e. The number of hydrogen-bond donors (Lipinski definition) is 1. The van der Waals surface area contributed by atoms with E-state index in [9.17, 15) is 5.11 Å². The van der Waals surface area contributed by atoms with Gasteiger partial charge in [-0.25, -0.2) is 0 Å². The van der Waals surface area contributed by atoms with Crippen molar-refractivity contribution in [2.24, 2.45) is 0 Å². The smallest absolute Gasteiger partial charge is 0.120 e. The molecule has 1 N–H and O–H groups in total. The molecule has 3 nitrogen and oxygen atoms in total. The van der Waals surface area contributed by atoms with Crippen LogP contribution in [-0.2, 0) is 0 Å². The maximum atomic E-state index is 9.59. The predicted molar refractivity (Wildman–Crippen MR) is 45.3 cm³/mol. The molecule has 0 aliphatic carbocycles. The number of aliphatic hydroxyl groups is 1. The lowest BCUT2D eigenvalue weighted by Gasteiger charge is -2.39. The Morgan fingerprint density at radius 2 is 2.00 bits per heavy atom. The Kier molecular flexibility index (Phi) is 2.87. The van der Waals surface area contributed by atoms with Crippen molar-refractivity contribution in [3.05, 3.63) is 0 Å². The van der Waals surface area contributed by atoms with E-state index in [1.54, 1.807) is 0 Å². The molecule has 1 heterocycles. The summed E-state index contributed by atoms with van der Waals surface area (Å²) >= 11 is 0. The predicted octanol–water partition coefficient (Wildman–Crippen LogP) is -0.0394. The largest absolute Gasteiger partial charge is 0.377 e. The van der Waals surface area contributed by atoms with Crippen LogP contribution in [0.3, 0.4) is 0 Å². The third-order valence-corrected chi connectivity index (χ3v) is 2.26. The van der Waals surface area contributed by atoms with Gasteiger partial charge in [0, 0.05) is 25.7 Å². The van der Waals surface area contributed by atoms with Crippen molar-refractivity contribution in [2.75, 3.05) is 26.7 Å². The lowest BCUT2D eigenvalue weighted by Crippen LogP contribution is -2.54. The van der Waals surface area contributed by atoms with Crippen molar-refractivity contribution in [1.82, 2.24) is 9.80 Å². The SMILES string of the molecule is CC(C)N1CCN(C)CC1O. The van der Waals surface area contributed by atoms with E-state index in [0.717, 1.165) is 19.6 Å². The fourth-order valence-electron chi connectivity index (χ4n) is 1.51. The summed E-state index contributed by atoms with van der Waals surface area (Å²) in [6, 6.07) is 0.457. The molecule has 1 aliphatic heterocycles. The molecule has 1 unspecified atom stereocenters. The van der Waals surface area contributed by atoms with E-state index in [2.05, 4.69) is 23.6 Å². The van der Waals surface area contributed by atoms with Crippen LogP contribution < -0.4 is 0 Å². The van der Waals surface area contributed by atoms with Crippen molar-refractivity contribution < 1.29 is 5.11 Å². The molecule has 0 amide bonds. The highest BCUT2D eigenvalue weighted by Crippen LogP contribution is 2.09. The van der Waals surface area contributed by atoms with Gasteiger partial charge in [-0.1, -0.05) is 0 Å². The van der Waals surface area contributed by atoms with Gasteiger partial charge in [0.1, 0.15) is 6.23 Å². The van der Waals surface area contributed by atoms with E-state index in [0.29, 0.717) is 6.04 Å². The highest BCUT2D eigenvalue weighted by Gasteiger charge is 2.24. The Balaban J connectivity index is 2.44. The van der Waals surface area contributed by atoms with Crippen LogP contribution in [0.4, 0.5) is 0 Å². The van der Waals surface area contributed by atoms with Crippen LogP contribution in [0.2, 0.25) is 0 Å². The fourth-order valence-corrected chi connectivity index (χ4v) is 1.51. The summed E-state index contributed by atoms with van der Waals surface area (Å²) in [7, 11) is 2.04. The zero-order valence-corrected chi connectivity index (χ0v) is 7.62. The van der Waals surface area contributed by atoms with Gasteiger partial charge >= 0.3 is 0 Å². The average molecular weight is 158 g/mol. The zero-order chi connectivity index (χ0) is 8.43. The van der Waals surface area contributed by atoms with Crippen molar-refractivity contribution in [3.63, 3.8) is 0 Å². The summed E-state index contributed by atoms with van der Waals surface area (Å²) in [6.07, 6.45) is -0.270. The number of hydrogen-bond acceptors (Lipinski definition) is 3. The molecule has 0 aromatic rings. The van der Waals surface area contributed by atoms with Crippen molar-refractivity contribution in [2.45, 2.75) is 26.1 Å². The van der Waals surface area contributed by atoms with Crippen LogP contribution in [0.15, 0.2) is 0 Å². The first-order chi connectivity index (χ1) is 5.11. The second-order valence-corrected chi connectivity index (χ2v) is 3.57. The van der Waals surface area contributed by atoms with Gasteiger partial charge < -0.3 is 10.0 Å². The van der Waals surface area contributed by atoms with Gasteiger partial charge in [0.05, 0.1) is 0 Å². The monoisotopic (exact) mass is 158 g/mol. The average Bonchev–Trinajstić information content (AvgIpc) is 1.85. The molecule has 0 aromatic carbocycles. The topological polar surface area (TPSA) is 26.7 Å². The third kappa shape index (κ3) is 2.15. The Labute approximate surface area is 68.6 Å². The van der Waals surface area contributed by atoms with Crippen LogP contribution in [0.1, 0.15) is 13.8 Å². The second kappa shape index (κ2) is 3.52. The van der Waals surface area contributed by atoms with Gasteiger partial charge in [-0.3, -0.25) is 4.90 Å². The lowest BCUT2D eigenvalue weighted by atomic mass is 10.2. The van der Waals surface area contributed by atoms with Gasteiger partial charge in [-0.05, 0) is 20.9 Å². The number of aliphatic hydroxyl groups excluding tert-OH is 1. The number of β-amino-alcohol motifs (C(OH)–C–C–N with tert-alkyl or cyclic N) is 1. The van der Waals surface area contributed by atoms with Gasteiger partial charge in [-0.15, -0.1) is 0 Å². The number of likely N-dealkylation sites (N-methyl/N-ethyl adjacent to an activating group) is 1. The standard InChI is InChI=1S/C8H18N2O/c1-7(2)10-5-4-9(3)6-8(10)11/h7-8,11H,4-6H2,1-3H3. The molecule has 3 heteroatoms. The molecule has 0 aromatic heterocycles. The van der Waals surface area contributed by atoms with E-state index in [4.69, 9.17) is 0 Å². The Morgan fingerprint density at radius 3 is 2.45 bits per heavy atom. The molecule has 1 fully saturated rings. The van der Waals surface area contributed by atoms with Crippen LogP contribution in [0.5, 0.6) is 0 Å².